The third kappa shape index (κ3) is 7.86. The van der Waals surface area contributed by atoms with Crippen molar-refractivity contribution >= 4 is 11.6 Å². The van der Waals surface area contributed by atoms with Crippen molar-refractivity contribution in [2.24, 2.45) is 4.99 Å². The number of nitrogens with one attached hydrogen (secondary N) is 2. The molecule has 1 aliphatic heterocycles. The Hall–Kier alpha value is -1.79. The summed E-state index contributed by atoms with van der Waals surface area (Å²) in [6.07, 6.45) is 1.10. The van der Waals surface area contributed by atoms with Gasteiger partial charge in [-0.25, -0.2) is 4.99 Å². The molecule has 6 heteroatoms. The quantitative estimate of drug-likeness (QED) is 0.357. The molecule has 0 bridgehead atoms. The number of para-hydroxylation sites is 1. The van der Waals surface area contributed by atoms with Crippen LogP contribution in [0.2, 0.25) is 0 Å². The van der Waals surface area contributed by atoms with Gasteiger partial charge in [-0.2, -0.15) is 0 Å². The van der Waals surface area contributed by atoms with Gasteiger partial charge in [-0.15, -0.1) is 0 Å². The standard InChI is InChI=1S/C23H41N5O/c1-6-24-23(25-12-9-13-28(19(2)3)20(4)5)26-18-21-10-7-8-11-22(21)27-14-16-29-17-15-27/h7-8,10-11,19-20H,6,9,12-18H2,1-5H3,(H2,24,25,26). The molecule has 0 radical (unpaired) electrons. The van der Waals surface area contributed by atoms with Gasteiger partial charge in [0.15, 0.2) is 5.96 Å². The van der Waals surface area contributed by atoms with E-state index < -0.39 is 0 Å². The summed E-state index contributed by atoms with van der Waals surface area (Å²) in [7, 11) is 0. The molecule has 1 fully saturated rings. The number of anilines is 1. The lowest BCUT2D eigenvalue weighted by Gasteiger charge is -2.30. The first-order chi connectivity index (χ1) is 14.0. The zero-order valence-electron chi connectivity index (χ0n) is 19.1. The van der Waals surface area contributed by atoms with Gasteiger partial charge in [0, 0.05) is 50.5 Å². The fourth-order valence-corrected chi connectivity index (χ4v) is 3.84. The number of aliphatic imine (C=N–C) groups is 1. The van der Waals surface area contributed by atoms with E-state index in [1.54, 1.807) is 0 Å². The van der Waals surface area contributed by atoms with Crippen molar-refractivity contribution in [1.82, 2.24) is 15.5 Å². The topological polar surface area (TPSA) is 52.1 Å². The van der Waals surface area contributed by atoms with Crippen LogP contribution in [0.1, 0.15) is 46.6 Å². The zero-order valence-corrected chi connectivity index (χ0v) is 19.1. The van der Waals surface area contributed by atoms with Crippen molar-refractivity contribution in [2.45, 2.75) is 59.7 Å². The summed E-state index contributed by atoms with van der Waals surface area (Å²) in [5.41, 5.74) is 2.54. The number of hydrogen-bond donors (Lipinski definition) is 2. The molecule has 1 aromatic rings. The molecular weight excluding hydrogens is 362 g/mol. The maximum Gasteiger partial charge on any atom is 0.191 e. The van der Waals surface area contributed by atoms with Gasteiger partial charge < -0.3 is 20.3 Å². The van der Waals surface area contributed by atoms with Crippen molar-refractivity contribution in [3.63, 3.8) is 0 Å². The summed E-state index contributed by atoms with van der Waals surface area (Å²) >= 11 is 0. The van der Waals surface area contributed by atoms with Crippen LogP contribution in [0.25, 0.3) is 0 Å². The minimum absolute atomic E-state index is 0.577. The van der Waals surface area contributed by atoms with E-state index in [-0.39, 0.29) is 0 Å². The molecule has 1 aliphatic rings. The summed E-state index contributed by atoms with van der Waals surface area (Å²) in [6.45, 7) is 18.2. The summed E-state index contributed by atoms with van der Waals surface area (Å²) in [4.78, 5) is 9.78. The van der Waals surface area contributed by atoms with Crippen molar-refractivity contribution < 1.29 is 4.74 Å². The molecule has 0 unspecified atom stereocenters. The van der Waals surface area contributed by atoms with Crippen LogP contribution in [0.3, 0.4) is 0 Å². The molecule has 2 N–H and O–H groups in total. The van der Waals surface area contributed by atoms with Gasteiger partial charge in [0.2, 0.25) is 0 Å². The fraction of sp³-hybridized carbons (Fsp3) is 0.696. The summed E-state index contributed by atoms with van der Waals surface area (Å²) < 4.78 is 5.50. The number of ether oxygens (including phenoxy) is 1. The van der Waals surface area contributed by atoms with Crippen LogP contribution in [-0.4, -0.2) is 68.9 Å². The van der Waals surface area contributed by atoms with E-state index in [9.17, 15) is 0 Å². The van der Waals surface area contributed by atoms with Crippen molar-refractivity contribution in [2.75, 3.05) is 50.8 Å². The molecule has 0 spiro atoms. The number of guanidine groups is 1. The fourth-order valence-electron chi connectivity index (χ4n) is 3.84. The molecule has 0 amide bonds. The van der Waals surface area contributed by atoms with Crippen LogP contribution in [0.5, 0.6) is 0 Å². The van der Waals surface area contributed by atoms with Gasteiger partial charge in [-0.3, -0.25) is 4.90 Å². The van der Waals surface area contributed by atoms with E-state index >= 15 is 0 Å². The van der Waals surface area contributed by atoms with Crippen molar-refractivity contribution in [3.05, 3.63) is 29.8 Å². The van der Waals surface area contributed by atoms with Crippen LogP contribution in [0.4, 0.5) is 5.69 Å². The second kappa shape index (κ2) is 12.7. The van der Waals surface area contributed by atoms with Crippen LogP contribution in [-0.2, 0) is 11.3 Å². The highest BCUT2D eigenvalue weighted by molar-refractivity contribution is 5.79. The molecule has 0 saturated carbocycles. The number of rotatable bonds is 10. The highest BCUT2D eigenvalue weighted by atomic mass is 16.5. The number of morpholine rings is 1. The van der Waals surface area contributed by atoms with E-state index in [0.717, 1.165) is 58.3 Å². The summed E-state index contributed by atoms with van der Waals surface area (Å²) in [6, 6.07) is 9.74. The maximum absolute atomic E-state index is 5.50. The maximum atomic E-state index is 5.50. The summed E-state index contributed by atoms with van der Waals surface area (Å²) in [5, 5.41) is 6.88. The second-order valence-electron chi connectivity index (χ2n) is 8.13. The van der Waals surface area contributed by atoms with Gasteiger partial charge in [0.25, 0.3) is 0 Å². The van der Waals surface area contributed by atoms with Crippen LogP contribution in [0.15, 0.2) is 29.3 Å². The van der Waals surface area contributed by atoms with Gasteiger partial charge >= 0.3 is 0 Å². The Balaban J connectivity index is 1.92. The summed E-state index contributed by atoms with van der Waals surface area (Å²) in [5.74, 6) is 0.893. The molecule has 0 aliphatic carbocycles. The molecule has 1 heterocycles. The highest BCUT2D eigenvalue weighted by Crippen LogP contribution is 2.22. The van der Waals surface area contributed by atoms with E-state index in [1.165, 1.54) is 11.3 Å². The Morgan fingerprint density at radius 3 is 2.45 bits per heavy atom. The molecule has 6 nitrogen and oxygen atoms in total. The first-order valence-electron chi connectivity index (χ1n) is 11.2. The van der Waals surface area contributed by atoms with E-state index in [2.05, 4.69) is 79.3 Å². The third-order valence-electron chi connectivity index (χ3n) is 5.31. The smallest absolute Gasteiger partial charge is 0.191 e. The molecule has 1 saturated heterocycles. The Kier molecular flexibility index (Phi) is 10.3. The average molecular weight is 404 g/mol. The molecule has 2 rings (SSSR count). The minimum atomic E-state index is 0.577. The highest BCUT2D eigenvalue weighted by Gasteiger charge is 2.14. The average Bonchev–Trinajstić information content (AvgIpc) is 2.72. The lowest BCUT2D eigenvalue weighted by atomic mass is 10.1. The normalized spacial score (nSPS) is 15.4. The SMILES string of the molecule is CCNC(=NCc1ccccc1N1CCOCC1)NCCCN(C(C)C)C(C)C. The molecule has 0 aromatic heterocycles. The van der Waals surface area contributed by atoms with Gasteiger partial charge in [-0.1, -0.05) is 18.2 Å². The predicted octanol–water partition coefficient (Wildman–Crippen LogP) is 3.09. The van der Waals surface area contributed by atoms with Gasteiger partial charge in [0.1, 0.15) is 0 Å². The predicted molar refractivity (Wildman–Crippen MR) is 124 cm³/mol. The van der Waals surface area contributed by atoms with Crippen LogP contribution in [0, 0.1) is 0 Å². The van der Waals surface area contributed by atoms with Gasteiger partial charge in [0.05, 0.1) is 19.8 Å². The monoisotopic (exact) mass is 403 g/mol. The second-order valence-corrected chi connectivity index (χ2v) is 8.13. The lowest BCUT2D eigenvalue weighted by molar-refractivity contribution is 0.122. The Bertz CT molecular complexity index is 603. The van der Waals surface area contributed by atoms with Crippen molar-refractivity contribution in [3.8, 4) is 0 Å². The Morgan fingerprint density at radius 2 is 1.79 bits per heavy atom. The first kappa shape index (κ1) is 23.5. The van der Waals surface area contributed by atoms with Crippen LogP contribution < -0.4 is 15.5 Å². The molecule has 0 atom stereocenters. The Morgan fingerprint density at radius 1 is 1.10 bits per heavy atom. The number of benzene rings is 1. The van der Waals surface area contributed by atoms with Crippen molar-refractivity contribution in [1.29, 1.82) is 0 Å². The number of nitrogens with zero attached hydrogens (tertiary/aromatic N) is 3. The Labute approximate surface area is 177 Å². The van der Waals surface area contributed by atoms with E-state index in [1.807, 2.05) is 0 Å². The van der Waals surface area contributed by atoms with Crippen LogP contribution >= 0.6 is 0 Å². The molecule has 1 aromatic carbocycles. The van der Waals surface area contributed by atoms with E-state index in [4.69, 9.17) is 9.73 Å². The van der Waals surface area contributed by atoms with Gasteiger partial charge in [-0.05, 0) is 52.7 Å². The first-order valence-corrected chi connectivity index (χ1v) is 11.2. The third-order valence-corrected chi connectivity index (χ3v) is 5.31. The number of hydrogen-bond acceptors (Lipinski definition) is 4. The molecular formula is C23H41N5O. The molecule has 164 valence electrons. The minimum Gasteiger partial charge on any atom is -0.378 e. The van der Waals surface area contributed by atoms with E-state index in [0.29, 0.717) is 18.6 Å². The zero-order chi connectivity index (χ0) is 21.1. The molecule has 29 heavy (non-hydrogen) atoms. The lowest BCUT2D eigenvalue weighted by Crippen LogP contribution is -2.41. The largest absolute Gasteiger partial charge is 0.378 e.